The van der Waals surface area contributed by atoms with Crippen LogP contribution in [0.4, 0.5) is 8.78 Å². The van der Waals surface area contributed by atoms with E-state index >= 15 is 0 Å². The molecule has 1 atom stereocenters. The van der Waals surface area contributed by atoms with Gasteiger partial charge in [-0.1, -0.05) is 11.6 Å². The summed E-state index contributed by atoms with van der Waals surface area (Å²) < 4.78 is 30.0. The molecule has 0 radical (unpaired) electrons. The van der Waals surface area contributed by atoms with Gasteiger partial charge in [-0.15, -0.1) is 0 Å². The van der Waals surface area contributed by atoms with Crippen LogP contribution in [0.25, 0.3) is 10.9 Å². The van der Waals surface area contributed by atoms with Crippen molar-refractivity contribution < 1.29 is 28.6 Å². The summed E-state index contributed by atoms with van der Waals surface area (Å²) in [7, 11) is 0. The molecule has 0 aliphatic heterocycles. The zero-order valence-corrected chi connectivity index (χ0v) is 16.2. The zero-order chi connectivity index (χ0) is 21.5. The first kappa shape index (κ1) is 20.8. The molecule has 0 aliphatic carbocycles. The van der Waals surface area contributed by atoms with E-state index in [1.165, 1.54) is 38.1 Å². The molecule has 6 nitrogen and oxygen atoms in total. The fourth-order valence-corrected chi connectivity index (χ4v) is 3.51. The van der Waals surface area contributed by atoms with E-state index in [0.29, 0.717) is 5.02 Å². The minimum Gasteiger partial charge on any atom is -0.503 e. The Bertz CT molecular complexity index is 1130. The number of nitrogens with one attached hydrogen (secondary N) is 1. The van der Waals surface area contributed by atoms with E-state index in [0.717, 1.165) is 10.6 Å². The van der Waals surface area contributed by atoms with E-state index in [-0.39, 0.29) is 27.7 Å². The van der Waals surface area contributed by atoms with Gasteiger partial charge >= 0.3 is 0 Å². The lowest BCUT2D eigenvalue weighted by atomic mass is 9.96. The van der Waals surface area contributed by atoms with E-state index in [4.69, 9.17) is 16.7 Å². The highest BCUT2D eigenvalue weighted by Gasteiger charge is 2.30. The van der Waals surface area contributed by atoms with Crippen LogP contribution in [-0.4, -0.2) is 33.3 Å². The molecule has 0 saturated heterocycles. The molecule has 2 aromatic carbocycles. The topological polar surface area (TPSA) is 91.6 Å². The SMILES string of the molecule is Cc1c([C@@H](C)C(=O)NCO)c2c(F)c(O)c(F)cc2n1C(=O)c1ccc(Cl)cc1. The van der Waals surface area contributed by atoms with Gasteiger partial charge in [0, 0.05) is 27.7 Å². The molecule has 3 N–H and O–H groups in total. The van der Waals surface area contributed by atoms with Crippen LogP contribution >= 0.6 is 11.6 Å². The lowest BCUT2D eigenvalue weighted by Crippen LogP contribution is -2.29. The summed E-state index contributed by atoms with van der Waals surface area (Å²) in [6.45, 7) is 2.30. The Morgan fingerprint density at radius 3 is 2.45 bits per heavy atom. The van der Waals surface area contributed by atoms with Gasteiger partial charge in [0.2, 0.25) is 5.91 Å². The number of amides is 1. The number of halogens is 3. The smallest absolute Gasteiger partial charge is 0.262 e. The van der Waals surface area contributed by atoms with Crippen molar-refractivity contribution in [2.24, 2.45) is 0 Å². The van der Waals surface area contributed by atoms with Gasteiger partial charge in [-0.05, 0) is 43.7 Å². The maximum Gasteiger partial charge on any atom is 0.262 e. The number of carbonyl (C=O) groups is 2. The lowest BCUT2D eigenvalue weighted by molar-refractivity contribution is -0.123. The second-order valence-corrected chi connectivity index (χ2v) is 6.92. The molecule has 0 fully saturated rings. The van der Waals surface area contributed by atoms with Gasteiger partial charge in [-0.2, -0.15) is 0 Å². The van der Waals surface area contributed by atoms with Crippen LogP contribution in [0.2, 0.25) is 5.02 Å². The molecule has 3 rings (SSSR count). The Labute approximate surface area is 169 Å². The number of rotatable bonds is 4. The van der Waals surface area contributed by atoms with Crippen molar-refractivity contribution in [3.8, 4) is 5.75 Å². The van der Waals surface area contributed by atoms with Crippen LogP contribution in [0.5, 0.6) is 5.75 Å². The molecule has 152 valence electrons. The number of aromatic nitrogens is 1. The van der Waals surface area contributed by atoms with E-state index in [1.54, 1.807) is 0 Å². The number of hydrogen-bond acceptors (Lipinski definition) is 4. The molecule has 0 unspecified atom stereocenters. The number of phenolic OH excluding ortho intramolecular Hbond substituents is 1. The van der Waals surface area contributed by atoms with Gasteiger partial charge in [-0.25, -0.2) is 8.78 Å². The van der Waals surface area contributed by atoms with Crippen molar-refractivity contribution >= 4 is 34.3 Å². The zero-order valence-electron chi connectivity index (χ0n) is 15.5. The normalized spacial score (nSPS) is 12.2. The maximum absolute atomic E-state index is 14.8. The van der Waals surface area contributed by atoms with Gasteiger partial charge in [0.05, 0.1) is 11.4 Å². The summed E-state index contributed by atoms with van der Waals surface area (Å²) in [6, 6.07) is 6.77. The third kappa shape index (κ3) is 3.45. The van der Waals surface area contributed by atoms with Crippen LogP contribution < -0.4 is 5.32 Å². The molecule has 0 bridgehead atoms. The van der Waals surface area contributed by atoms with Crippen LogP contribution in [0.1, 0.15) is 34.5 Å². The number of aliphatic hydroxyl groups is 1. The first-order chi connectivity index (χ1) is 13.7. The lowest BCUT2D eigenvalue weighted by Gasteiger charge is -2.13. The third-order valence-corrected chi connectivity index (χ3v) is 5.03. The van der Waals surface area contributed by atoms with Crippen molar-refractivity contribution in [1.29, 1.82) is 0 Å². The molecule has 9 heteroatoms. The van der Waals surface area contributed by atoms with Gasteiger partial charge in [0.15, 0.2) is 17.4 Å². The molecule has 29 heavy (non-hydrogen) atoms. The van der Waals surface area contributed by atoms with Crippen LogP contribution in [0.3, 0.4) is 0 Å². The second-order valence-electron chi connectivity index (χ2n) is 6.48. The minimum atomic E-state index is -1.27. The molecule has 0 aliphatic rings. The highest BCUT2D eigenvalue weighted by molar-refractivity contribution is 6.30. The number of aromatic hydroxyl groups is 1. The van der Waals surface area contributed by atoms with Gasteiger partial charge in [-0.3, -0.25) is 14.2 Å². The first-order valence-corrected chi connectivity index (χ1v) is 8.97. The third-order valence-electron chi connectivity index (χ3n) is 4.78. The van der Waals surface area contributed by atoms with E-state index in [2.05, 4.69) is 5.32 Å². The van der Waals surface area contributed by atoms with E-state index in [9.17, 15) is 23.5 Å². The molecule has 1 aromatic heterocycles. The van der Waals surface area contributed by atoms with Crippen LogP contribution in [-0.2, 0) is 4.79 Å². The fourth-order valence-electron chi connectivity index (χ4n) is 3.39. The number of fused-ring (bicyclic) bond motifs is 1. The van der Waals surface area contributed by atoms with Crippen molar-refractivity contribution in [3.63, 3.8) is 0 Å². The summed E-state index contributed by atoms with van der Waals surface area (Å²) in [5.74, 6) is -5.93. The molecular formula is C20H17ClF2N2O4. The minimum absolute atomic E-state index is 0.0982. The molecule has 0 spiro atoms. The fraction of sp³-hybridized carbons (Fsp3) is 0.200. The van der Waals surface area contributed by atoms with Crippen molar-refractivity contribution in [2.45, 2.75) is 19.8 Å². The highest BCUT2D eigenvalue weighted by atomic mass is 35.5. The Morgan fingerprint density at radius 2 is 1.86 bits per heavy atom. The summed E-state index contributed by atoms with van der Waals surface area (Å²) in [4.78, 5) is 25.4. The highest BCUT2D eigenvalue weighted by Crippen LogP contribution is 2.38. The van der Waals surface area contributed by atoms with Gasteiger partial charge in [0.25, 0.3) is 5.91 Å². The number of benzene rings is 2. The number of hydrogen-bond donors (Lipinski definition) is 3. The first-order valence-electron chi connectivity index (χ1n) is 8.59. The maximum atomic E-state index is 14.8. The van der Waals surface area contributed by atoms with Crippen molar-refractivity contribution in [2.75, 3.05) is 6.73 Å². The standard InChI is InChI=1S/C20H17ClF2N2O4/c1-9(19(28)24-8-26)15-10(2)25(20(29)11-3-5-12(21)6-4-11)14-7-13(22)18(27)17(23)16(14)15/h3-7,9,26-27H,8H2,1-2H3,(H,24,28)/t9-/m1/s1. The average Bonchev–Trinajstić information content (AvgIpc) is 2.97. The number of nitrogens with zero attached hydrogens (tertiary/aromatic N) is 1. The Hall–Kier alpha value is -2.97. The average molecular weight is 423 g/mol. The Balaban J connectivity index is 2.33. The summed E-state index contributed by atoms with van der Waals surface area (Å²) in [5, 5.41) is 21.1. The molecule has 1 amide bonds. The summed E-state index contributed by atoms with van der Waals surface area (Å²) in [6.07, 6.45) is 0. The summed E-state index contributed by atoms with van der Waals surface area (Å²) in [5.41, 5.74) is 0.377. The quantitative estimate of drug-likeness (QED) is 0.562. The van der Waals surface area contributed by atoms with Crippen LogP contribution in [0.15, 0.2) is 30.3 Å². The molecule has 3 aromatic rings. The summed E-state index contributed by atoms with van der Waals surface area (Å²) >= 11 is 5.85. The number of phenols is 1. The predicted octanol–water partition coefficient (Wildman–Crippen LogP) is 3.44. The Morgan fingerprint density at radius 1 is 1.24 bits per heavy atom. The Kier molecular flexibility index (Phi) is 5.59. The van der Waals surface area contributed by atoms with Crippen molar-refractivity contribution in [1.82, 2.24) is 9.88 Å². The van der Waals surface area contributed by atoms with E-state index in [1.807, 2.05) is 0 Å². The monoisotopic (exact) mass is 422 g/mol. The predicted molar refractivity (Wildman–Crippen MR) is 103 cm³/mol. The van der Waals surface area contributed by atoms with Gasteiger partial charge in [0.1, 0.15) is 6.73 Å². The largest absolute Gasteiger partial charge is 0.503 e. The molecule has 0 saturated carbocycles. The number of aliphatic hydroxyl groups excluding tert-OH is 1. The van der Waals surface area contributed by atoms with E-state index < -0.39 is 41.8 Å². The second kappa shape index (κ2) is 7.81. The van der Waals surface area contributed by atoms with Crippen molar-refractivity contribution in [3.05, 3.63) is 63.8 Å². The molecular weight excluding hydrogens is 406 g/mol. The molecule has 1 heterocycles. The van der Waals surface area contributed by atoms with Crippen LogP contribution in [0, 0.1) is 18.6 Å². The number of carbonyl (C=O) groups excluding carboxylic acids is 2. The van der Waals surface area contributed by atoms with Gasteiger partial charge < -0.3 is 15.5 Å².